The first-order chi connectivity index (χ1) is 9.99. The molecule has 1 aromatic carbocycles. The van der Waals surface area contributed by atoms with E-state index in [9.17, 15) is 14.4 Å². The molecule has 1 atom stereocenters. The summed E-state index contributed by atoms with van der Waals surface area (Å²) in [6.45, 7) is -0.356. The Morgan fingerprint density at radius 2 is 2.05 bits per heavy atom. The SMILES string of the molecule is CN1C(N)=NC(=O)C1OC(=O)CNC(=O)c1ccccc1. The number of ether oxygens (including phenoxy) is 1. The van der Waals surface area contributed by atoms with Crippen molar-refractivity contribution in [3.63, 3.8) is 0 Å². The Morgan fingerprint density at radius 1 is 1.38 bits per heavy atom. The van der Waals surface area contributed by atoms with E-state index in [1.54, 1.807) is 30.3 Å². The van der Waals surface area contributed by atoms with Gasteiger partial charge in [-0.1, -0.05) is 18.2 Å². The van der Waals surface area contributed by atoms with Gasteiger partial charge in [0.05, 0.1) is 0 Å². The van der Waals surface area contributed by atoms with Gasteiger partial charge in [-0.15, -0.1) is 0 Å². The number of nitrogens with one attached hydrogen (secondary N) is 1. The van der Waals surface area contributed by atoms with Crippen molar-refractivity contribution in [1.82, 2.24) is 10.2 Å². The van der Waals surface area contributed by atoms with Crippen LogP contribution in [0.4, 0.5) is 0 Å². The molecule has 110 valence electrons. The van der Waals surface area contributed by atoms with Gasteiger partial charge in [0.15, 0.2) is 0 Å². The summed E-state index contributed by atoms with van der Waals surface area (Å²) in [4.78, 5) is 39.5. The highest BCUT2D eigenvalue weighted by atomic mass is 16.6. The molecular weight excluding hydrogens is 276 g/mol. The van der Waals surface area contributed by atoms with E-state index in [0.717, 1.165) is 0 Å². The number of benzene rings is 1. The molecule has 8 nitrogen and oxygen atoms in total. The van der Waals surface area contributed by atoms with Gasteiger partial charge in [-0.05, 0) is 12.1 Å². The third-order valence-electron chi connectivity index (χ3n) is 2.82. The zero-order chi connectivity index (χ0) is 15.4. The van der Waals surface area contributed by atoms with Crippen molar-refractivity contribution in [3.05, 3.63) is 35.9 Å². The lowest BCUT2D eigenvalue weighted by Crippen LogP contribution is -2.43. The molecular formula is C13H14N4O4. The number of aliphatic imine (C=N–C) groups is 1. The van der Waals surface area contributed by atoms with E-state index in [4.69, 9.17) is 10.5 Å². The van der Waals surface area contributed by atoms with Crippen LogP contribution in [-0.2, 0) is 14.3 Å². The molecule has 8 heteroatoms. The molecule has 1 unspecified atom stereocenters. The molecule has 0 fully saturated rings. The summed E-state index contributed by atoms with van der Waals surface area (Å²) in [5.41, 5.74) is 5.85. The van der Waals surface area contributed by atoms with Crippen LogP contribution >= 0.6 is 0 Å². The zero-order valence-corrected chi connectivity index (χ0v) is 11.3. The van der Waals surface area contributed by atoms with Crippen molar-refractivity contribution < 1.29 is 19.1 Å². The van der Waals surface area contributed by atoms with Crippen LogP contribution in [-0.4, -0.2) is 48.5 Å². The van der Waals surface area contributed by atoms with Crippen LogP contribution < -0.4 is 11.1 Å². The summed E-state index contributed by atoms with van der Waals surface area (Å²) >= 11 is 0. The zero-order valence-electron chi connectivity index (χ0n) is 11.3. The van der Waals surface area contributed by atoms with Crippen molar-refractivity contribution >= 4 is 23.7 Å². The monoisotopic (exact) mass is 290 g/mol. The molecule has 0 spiro atoms. The van der Waals surface area contributed by atoms with E-state index < -0.39 is 24.0 Å². The number of nitrogens with two attached hydrogens (primary N) is 1. The number of rotatable bonds is 4. The Balaban J connectivity index is 1.83. The summed E-state index contributed by atoms with van der Waals surface area (Å²) in [5.74, 6) is -1.84. The van der Waals surface area contributed by atoms with Gasteiger partial charge in [-0.3, -0.25) is 14.4 Å². The molecule has 2 amide bonds. The van der Waals surface area contributed by atoms with E-state index in [2.05, 4.69) is 10.3 Å². The van der Waals surface area contributed by atoms with Gasteiger partial charge in [0.2, 0.25) is 5.96 Å². The smallest absolute Gasteiger partial charge is 0.327 e. The molecule has 1 aliphatic rings. The maximum atomic E-state index is 11.7. The fourth-order valence-electron chi connectivity index (χ4n) is 1.67. The third kappa shape index (κ3) is 3.35. The number of amides is 2. The van der Waals surface area contributed by atoms with Crippen LogP contribution in [0.2, 0.25) is 0 Å². The lowest BCUT2D eigenvalue weighted by molar-refractivity contribution is -0.159. The standard InChI is InChI=1S/C13H14N4O4/c1-17-12(11(20)16-13(17)14)21-9(18)7-15-10(19)8-5-3-2-4-6-8/h2-6,12H,7H2,1H3,(H,15,19)(H2,14,16,20). The van der Waals surface area contributed by atoms with Gasteiger partial charge in [0, 0.05) is 12.6 Å². The van der Waals surface area contributed by atoms with E-state index >= 15 is 0 Å². The molecule has 1 heterocycles. The van der Waals surface area contributed by atoms with Crippen molar-refractivity contribution in [2.45, 2.75) is 6.23 Å². The number of carbonyl (C=O) groups excluding carboxylic acids is 3. The first kappa shape index (κ1) is 14.5. The normalized spacial score (nSPS) is 17.4. The van der Waals surface area contributed by atoms with Crippen LogP contribution in [0.1, 0.15) is 10.4 Å². The number of hydrogen-bond donors (Lipinski definition) is 2. The minimum atomic E-state index is -1.17. The molecule has 2 rings (SSSR count). The van der Waals surface area contributed by atoms with Crippen LogP contribution in [0, 0.1) is 0 Å². The van der Waals surface area contributed by atoms with Gasteiger partial charge < -0.3 is 20.7 Å². The largest absolute Gasteiger partial charge is 0.430 e. The van der Waals surface area contributed by atoms with Gasteiger partial charge in [0.25, 0.3) is 12.1 Å². The average molecular weight is 290 g/mol. The maximum absolute atomic E-state index is 11.7. The van der Waals surface area contributed by atoms with E-state index in [0.29, 0.717) is 5.56 Å². The molecule has 21 heavy (non-hydrogen) atoms. The predicted molar refractivity (Wildman–Crippen MR) is 73.0 cm³/mol. The van der Waals surface area contributed by atoms with Gasteiger partial charge in [-0.25, -0.2) is 0 Å². The van der Waals surface area contributed by atoms with Crippen molar-refractivity contribution in [1.29, 1.82) is 0 Å². The number of guanidine groups is 1. The van der Waals surface area contributed by atoms with E-state index in [1.165, 1.54) is 11.9 Å². The number of nitrogens with zero attached hydrogens (tertiary/aromatic N) is 2. The summed E-state index contributed by atoms with van der Waals surface area (Å²) in [6, 6.07) is 8.42. The molecule has 0 saturated heterocycles. The molecule has 3 N–H and O–H groups in total. The van der Waals surface area contributed by atoms with Gasteiger partial charge in [0.1, 0.15) is 6.54 Å². The maximum Gasteiger partial charge on any atom is 0.327 e. The fraction of sp³-hybridized carbons (Fsp3) is 0.231. The second kappa shape index (κ2) is 6.04. The number of carbonyl (C=O) groups is 3. The summed E-state index contributed by atoms with van der Waals surface area (Å²) < 4.78 is 4.92. The van der Waals surface area contributed by atoms with Crippen LogP contribution in [0.15, 0.2) is 35.3 Å². The van der Waals surface area contributed by atoms with Gasteiger partial charge >= 0.3 is 11.9 Å². The molecule has 1 aromatic rings. The molecule has 0 radical (unpaired) electrons. The number of hydrogen-bond acceptors (Lipinski definition) is 6. The lowest BCUT2D eigenvalue weighted by atomic mass is 10.2. The van der Waals surface area contributed by atoms with Crippen LogP contribution in [0.3, 0.4) is 0 Å². The Labute approximate surface area is 120 Å². The number of likely N-dealkylation sites (N-methyl/N-ethyl adjacent to an activating group) is 1. The van der Waals surface area contributed by atoms with Crippen molar-refractivity contribution in [2.75, 3.05) is 13.6 Å². The highest BCUT2D eigenvalue weighted by Gasteiger charge is 2.34. The fourth-order valence-corrected chi connectivity index (χ4v) is 1.67. The summed E-state index contributed by atoms with van der Waals surface area (Å²) in [5, 5.41) is 2.40. The lowest BCUT2D eigenvalue weighted by Gasteiger charge is -2.19. The molecule has 0 saturated carbocycles. The van der Waals surface area contributed by atoms with Crippen LogP contribution in [0.25, 0.3) is 0 Å². The summed E-state index contributed by atoms with van der Waals surface area (Å²) in [7, 11) is 1.48. The Morgan fingerprint density at radius 3 is 2.62 bits per heavy atom. The first-order valence-electron chi connectivity index (χ1n) is 6.12. The van der Waals surface area contributed by atoms with Crippen molar-refractivity contribution in [3.8, 4) is 0 Å². The van der Waals surface area contributed by atoms with Crippen LogP contribution in [0.5, 0.6) is 0 Å². The molecule has 1 aliphatic heterocycles. The first-order valence-corrected chi connectivity index (χ1v) is 6.12. The van der Waals surface area contributed by atoms with E-state index in [-0.39, 0.29) is 12.5 Å². The average Bonchev–Trinajstić information content (AvgIpc) is 2.72. The second-order valence-electron chi connectivity index (χ2n) is 4.31. The predicted octanol–water partition coefficient (Wildman–Crippen LogP) is -0.928. The minimum Gasteiger partial charge on any atom is -0.430 e. The van der Waals surface area contributed by atoms with E-state index in [1.807, 2.05) is 0 Å². The highest BCUT2D eigenvalue weighted by Crippen LogP contribution is 2.08. The topological polar surface area (TPSA) is 114 Å². The Kier molecular flexibility index (Phi) is 4.17. The Hall–Kier alpha value is -2.90. The van der Waals surface area contributed by atoms with Gasteiger partial charge in [-0.2, -0.15) is 4.99 Å². The highest BCUT2D eigenvalue weighted by molar-refractivity contribution is 6.02. The molecule has 0 bridgehead atoms. The second-order valence-corrected chi connectivity index (χ2v) is 4.31. The molecule has 0 aromatic heterocycles. The molecule has 0 aliphatic carbocycles. The number of esters is 1. The van der Waals surface area contributed by atoms with Crippen molar-refractivity contribution in [2.24, 2.45) is 10.7 Å². The minimum absolute atomic E-state index is 0.0221. The Bertz CT molecular complexity index is 599. The quantitative estimate of drug-likeness (QED) is 0.693. The third-order valence-corrected chi connectivity index (χ3v) is 2.82. The summed E-state index contributed by atoms with van der Waals surface area (Å²) in [6.07, 6.45) is -1.17.